The van der Waals surface area contributed by atoms with Crippen LogP contribution in [0.3, 0.4) is 0 Å². The molecule has 0 fully saturated rings. The van der Waals surface area contributed by atoms with Crippen LogP contribution >= 0.6 is 11.8 Å². The fourth-order valence-electron chi connectivity index (χ4n) is 1.30. The summed E-state index contributed by atoms with van der Waals surface area (Å²) in [7, 11) is 0. The van der Waals surface area contributed by atoms with Crippen LogP contribution in [0, 0.1) is 5.82 Å². The average Bonchev–Trinajstić information content (AvgIpc) is 2.76. The van der Waals surface area contributed by atoms with E-state index in [-0.39, 0.29) is 16.5 Å². The van der Waals surface area contributed by atoms with E-state index in [1.807, 2.05) is 0 Å². The van der Waals surface area contributed by atoms with Gasteiger partial charge in [0.05, 0.1) is 5.56 Å². The van der Waals surface area contributed by atoms with Gasteiger partial charge >= 0.3 is 6.18 Å². The SMILES string of the molecule is C[C@H](Sc1n[nH]c(-c2ccccc2F)n1)C(F)(F)F. The van der Waals surface area contributed by atoms with Crippen molar-refractivity contribution in [2.75, 3.05) is 0 Å². The summed E-state index contributed by atoms with van der Waals surface area (Å²) in [5, 5.41) is 4.38. The van der Waals surface area contributed by atoms with Gasteiger partial charge in [-0.05, 0) is 19.1 Å². The number of alkyl halides is 3. The van der Waals surface area contributed by atoms with Gasteiger partial charge in [-0.1, -0.05) is 23.9 Å². The van der Waals surface area contributed by atoms with Gasteiger partial charge in [0.15, 0.2) is 5.82 Å². The third-order valence-electron chi connectivity index (χ3n) is 2.34. The maximum Gasteiger partial charge on any atom is 0.400 e. The van der Waals surface area contributed by atoms with Crippen LogP contribution in [-0.4, -0.2) is 26.6 Å². The van der Waals surface area contributed by atoms with Crippen molar-refractivity contribution >= 4 is 11.8 Å². The monoisotopic (exact) mass is 291 g/mol. The van der Waals surface area contributed by atoms with Gasteiger partial charge in [-0.25, -0.2) is 9.37 Å². The normalized spacial score (nSPS) is 13.5. The Hall–Kier alpha value is -1.57. The average molecular weight is 291 g/mol. The summed E-state index contributed by atoms with van der Waals surface area (Å²) >= 11 is 0.471. The fraction of sp³-hybridized carbons (Fsp3) is 0.273. The molecular weight excluding hydrogens is 282 g/mol. The fourth-order valence-corrected chi connectivity index (χ4v) is 1.99. The Labute approximate surface area is 110 Å². The van der Waals surface area contributed by atoms with E-state index in [4.69, 9.17) is 0 Å². The molecule has 1 aromatic carbocycles. The molecule has 102 valence electrons. The molecule has 8 heteroatoms. The summed E-state index contributed by atoms with van der Waals surface area (Å²) in [6, 6.07) is 5.82. The number of hydrogen-bond donors (Lipinski definition) is 1. The first-order valence-electron chi connectivity index (χ1n) is 5.28. The zero-order valence-electron chi connectivity index (χ0n) is 9.70. The largest absolute Gasteiger partial charge is 0.400 e. The van der Waals surface area contributed by atoms with E-state index in [9.17, 15) is 17.6 Å². The molecule has 19 heavy (non-hydrogen) atoms. The van der Waals surface area contributed by atoms with E-state index in [0.29, 0.717) is 11.8 Å². The zero-order valence-corrected chi connectivity index (χ0v) is 10.5. The first kappa shape index (κ1) is 13.9. The Balaban J connectivity index is 2.19. The molecule has 1 N–H and O–H groups in total. The lowest BCUT2D eigenvalue weighted by molar-refractivity contribution is -0.125. The first-order valence-corrected chi connectivity index (χ1v) is 6.16. The van der Waals surface area contributed by atoms with Crippen LogP contribution in [-0.2, 0) is 0 Å². The third kappa shape index (κ3) is 3.25. The van der Waals surface area contributed by atoms with Crippen LogP contribution in [0.4, 0.5) is 17.6 Å². The number of hydrogen-bond acceptors (Lipinski definition) is 3. The number of aromatic nitrogens is 3. The highest BCUT2D eigenvalue weighted by molar-refractivity contribution is 7.99. The Bertz CT molecular complexity index is 567. The van der Waals surface area contributed by atoms with Crippen LogP contribution in [0.5, 0.6) is 0 Å². The predicted molar refractivity (Wildman–Crippen MR) is 63.2 cm³/mol. The molecule has 2 rings (SSSR count). The summed E-state index contributed by atoms with van der Waals surface area (Å²) in [6.45, 7) is 1.02. The van der Waals surface area contributed by atoms with Gasteiger partial charge in [0.25, 0.3) is 0 Å². The first-order chi connectivity index (χ1) is 8.88. The second-order valence-electron chi connectivity index (χ2n) is 3.75. The minimum atomic E-state index is -4.33. The van der Waals surface area contributed by atoms with E-state index in [1.165, 1.54) is 18.2 Å². The van der Waals surface area contributed by atoms with Crippen LogP contribution in [0.1, 0.15) is 6.92 Å². The van der Waals surface area contributed by atoms with Gasteiger partial charge in [0.1, 0.15) is 11.1 Å². The third-order valence-corrected chi connectivity index (χ3v) is 3.35. The van der Waals surface area contributed by atoms with Crippen molar-refractivity contribution in [1.82, 2.24) is 15.2 Å². The molecule has 0 saturated carbocycles. The number of nitrogens with one attached hydrogen (secondary N) is 1. The van der Waals surface area contributed by atoms with Crippen molar-refractivity contribution in [3.63, 3.8) is 0 Å². The second-order valence-corrected chi connectivity index (χ2v) is 5.06. The molecule has 0 saturated heterocycles. The van der Waals surface area contributed by atoms with Crippen molar-refractivity contribution in [2.24, 2.45) is 0 Å². The van der Waals surface area contributed by atoms with E-state index < -0.39 is 17.2 Å². The summed E-state index contributed by atoms with van der Waals surface area (Å²) in [5.41, 5.74) is 0.168. The van der Waals surface area contributed by atoms with Crippen molar-refractivity contribution < 1.29 is 17.6 Å². The van der Waals surface area contributed by atoms with E-state index in [0.717, 1.165) is 6.92 Å². The molecule has 0 spiro atoms. The van der Waals surface area contributed by atoms with Crippen molar-refractivity contribution in [3.05, 3.63) is 30.1 Å². The topological polar surface area (TPSA) is 41.6 Å². The number of H-pyrrole nitrogens is 1. The molecule has 2 aromatic rings. The molecule has 0 aliphatic heterocycles. The lowest BCUT2D eigenvalue weighted by Crippen LogP contribution is -2.22. The molecule has 1 aromatic heterocycles. The molecule has 1 atom stereocenters. The smallest absolute Gasteiger partial charge is 0.258 e. The highest BCUT2D eigenvalue weighted by Gasteiger charge is 2.37. The molecule has 0 unspecified atom stereocenters. The number of thioether (sulfide) groups is 1. The number of benzene rings is 1. The van der Waals surface area contributed by atoms with Crippen molar-refractivity contribution in [2.45, 2.75) is 23.5 Å². The molecule has 0 bridgehead atoms. The summed E-state index contributed by atoms with van der Waals surface area (Å²) < 4.78 is 50.6. The van der Waals surface area contributed by atoms with Crippen molar-refractivity contribution in [3.8, 4) is 11.4 Å². The standard InChI is InChI=1S/C11H9F4N3S/c1-6(11(13,14)15)19-10-16-9(17-18-10)7-4-2-3-5-8(7)12/h2-6H,1H3,(H,16,17,18)/t6-/m0/s1. The minimum absolute atomic E-state index is 0.0666. The van der Waals surface area contributed by atoms with Gasteiger partial charge in [0, 0.05) is 0 Å². The van der Waals surface area contributed by atoms with Gasteiger partial charge in [-0.3, -0.25) is 5.10 Å². The summed E-state index contributed by atoms with van der Waals surface area (Å²) in [4.78, 5) is 3.85. The van der Waals surface area contributed by atoms with Gasteiger partial charge in [0.2, 0.25) is 5.16 Å². The second kappa shape index (κ2) is 5.20. The lowest BCUT2D eigenvalue weighted by atomic mass is 10.2. The molecule has 0 amide bonds. The van der Waals surface area contributed by atoms with E-state index in [1.54, 1.807) is 6.07 Å². The highest BCUT2D eigenvalue weighted by Crippen LogP contribution is 2.33. The van der Waals surface area contributed by atoms with E-state index in [2.05, 4.69) is 15.2 Å². The minimum Gasteiger partial charge on any atom is -0.258 e. The predicted octanol–water partition coefficient (Wildman–Crippen LogP) is 3.65. The van der Waals surface area contributed by atoms with Gasteiger partial charge in [-0.2, -0.15) is 13.2 Å². The summed E-state index contributed by atoms with van der Waals surface area (Å²) in [5.74, 6) is -0.408. The molecule has 1 heterocycles. The number of halogens is 4. The number of aromatic amines is 1. The Morgan fingerprint density at radius 1 is 1.26 bits per heavy atom. The van der Waals surface area contributed by atoms with Crippen LogP contribution in [0.15, 0.2) is 29.4 Å². The molecule has 0 radical (unpaired) electrons. The quantitative estimate of drug-likeness (QED) is 0.693. The van der Waals surface area contributed by atoms with Crippen LogP contribution in [0.2, 0.25) is 0 Å². The van der Waals surface area contributed by atoms with Gasteiger partial charge < -0.3 is 0 Å². The highest BCUT2D eigenvalue weighted by atomic mass is 32.2. The van der Waals surface area contributed by atoms with Crippen LogP contribution < -0.4 is 0 Å². The number of rotatable bonds is 3. The molecule has 0 aliphatic rings. The summed E-state index contributed by atoms with van der Waals surface area (Å²) in [6.07, 6.45) is -4.33. The Morgan fingerprint density at radius 2 is 1.95 bits per heavy atom. The molecule has 3 nitrogen and oxygen atoms in total. The maximum atomic E-state index is 13.5. The molecular formula is C11H9F4N3S. The molecule has 0 aliphatic carbocycles. The van der Waals surface area contributed by atoms with Gasteiger partial charge in [-0.15, -0.1) is 5.10 Å². The maximum absolute atomic E-state index is 13.5. The lowest BCUT2D eigenvalue weighted by Gasteiger charge is -2.12. The van der Waals surface area contributed by atoms with Crippen molar-refractivity contribution in [1.29, 1.82) is 0 Å². The number of nitrogens with zero attached hydrogens (tertiary/aromatic N) is 2. The Morgan fingerprint density at radius 3 is 2.58 bits per heavy atom. The van der Waals surface area contributed by atoms with Crippen LogP contribution in [0.25, 0.3) is 11.4 Å². The zero-order chi connectivity index (χ0) is 14.0. The van der Waals surface area contributed by atoms with E-state index >= 15 is 0 Å². The Kier molecular flexibility index (Phi) is 3.79.